The minimum Gasteiger partial charge on any atom is -0.508 e. The molecule has 0 saturated carbocycles. The summed E-state index contributed by atoms with van der Waals surface area (Å²) in [5.41, 5.74) is 0.941. The predicted octanol–water partition coefficient (Wildman–Crippen LogP) is 5.23. The van der Waals surface area contributed by atoms with Crippen LogP contribution in [-0.2, 0) is 20.7 Å². The number of para-hydroxylation sites is 1. The van der Waals surface area contributed by atoms with E-state index in [-0.39, 0.29) is 28.5 Å². The lowest BCUT2D eigenvalue weighted by molar-refractivity contribution is -0.140. The third-order valence-electron chi connectivity index (χ3n) is 6.11. The first-order chi connectivity index (χ1) is 19.8. The Morgan fingerprint density at radius 3 is 2.29 bits per heavy atom. The van der Waals surface area contributed by atoms with E-state index in [1.165, 1.54) is 36.4 Å². The van der Waals surface area contributed by atoms with Crippen molar-refractivity contribution in [3.8, 4) is 17.6 Å². The molecule has 0 aliphatic heterocycles. The number of amides is 3. The number of benzene rings is 3. The number of rotatable bonds is 9. The number of nitrogens with zero attached hydrogens (tertiary/aromatic N) is 2. The molecule has 0 bridgehead atoms. The Morgan fingerprint density at radius 1 is 1.02 bits per heavy atom. The summed E-state index contributed by atoms with van der Waals surface area (Å²) in [6, 6.07) is 16.2. The number of phenolic OH excluding ortho intramolecular Hbond substituents is 2. The van der Waals surface area contributed by atoms with Crippen molar-refractivity contribution >= 4 is 35.2 Å². The second-order valence-electron chi connectivity index (χ2n) is 10.6. The number of carbonyl (C=O) groups is 3. The monoisotopic (exact) mass is 592 g/mol. The van der Waals surface area contributed by atoms with E-state index in [4.69, 9.17) is 16.3 Å². The smallest absolute Gasteiger partial charge is 0.408 e. The summed E-state index contributed by atoms with van der Waals surface area (Å²) in [7, 11) is 0. The number of aryl methyl sites for hydroxylation is 1. The van der Waals surface area contributed by atoms with E-state index in [1.807, 2.05) is 6.07 Å². The molecule has 0 heterocycles. The summed E-state index contributed by atoms with van der Waals surface area (Å²) in [6.45, 7) is 6.23. The van der Waals surface area contributed by atoms with Crippen LogP contribution in [0, 0.1) is 18.3 Å². The van der Waals surface area contributed by atoms with Crippen molar-refractivity contribution in [3.05, 3.63) is 88.4 Å². The van der Waals surface area contributed by atoms with Gasteiger partial charge in [-0.15, -0.1) is 0 Å². The molecule has 42 heavy (non-hydrogen) atoms. The molecule has 0 aliphatic rings. The van der Waals surface area contributed by atoms with Gasteiger partial charge in [0.25, 0.3) is 5.91 Å². The molecule has 3 aromatic carbocycles. The lowest BCUT2D eigenvalue weighted by Gasteiger charge is -2.33. The first kappa shape index (κ1) is 31.8. The molecule has 4 N–H and O–H groups in total. The van der Waals surface area contributed by atoms with Gasteiger partial charge in [0, 0.05) is 6.42 Å². The highest BCUT2D eigenvalue weighted by atomic mass is 35.5. The van der Waals surface area contributed by atoms with Crippen molar-refractivity contribution in [2.45, 2.75) is 51.8 Å². The Balaban J connectivity index is 2.08. The summed E-state index contributed by atoms with van der Waals surface area (Å²) in [5, 5.41) is 35.3. The fourth-order valence-corrected chi connectivity index (χ4v) is 4.51. The lowest BCUT2D eigenvalue weighted by Crippen LogP contribution is -2.53. The van der Waals surface area contributed by atoms with Crippen molar-refractivity contribution in [1.82, 2.24) is 10.2 Å². The molecule has 2 unspecified atom stereocenters. The molecule has 11 heteroatoms. The fourth-order valence-electron chi connectivity index (χ4n) is 4.24. The van der Waals surface area contributed by atoms with E-state index in [0.29, 0.717) is 16.8 Å². The summed E-state index contributed by atoms with van der Waals surface area (Å²) >= 11 is 6.35. The highest BCUT2D eigenvalue weighted by molar-refractivity contribution is 6.34. The van der Waals surface area contributed by atoms with Gasteiger partial charge in [-0.05, 0) is 74.7 Å². The standard InChI is InChI=1S/C31H33ClN4O6/c1-19-7-5-10-24(32)26(19)35-28(39)27(21-8-6-9-23(38)18-21)36(16-15-33)29(40)25(34-30(41)42-31(2,3)4)17-20-11-13-22(37)14-12-20/h5-14,18,25,27,37-38H,16-17H2,1-4H3,(H,34,41)(H,35,39). The Hall–Kier alpha value is -4.75. The van der Waals surface area contributed by atoms with Crippen LogP contribution in [-0.4, -0.2) is 51.2 Å². The minimum atomic E-state index is -1.40. The zero-order valence-electron chi connectivity index (χ0n) is 23.7. The van der Waals surface area contributed by atoms with Crippen molar-refractivity contribution in [2.24, 2.45) is 0 Å². The number of phenols is 2. The average molecular weight is 593 g/mol. The van der Waals surface area contributed by atoms with Gasteiger partial charge in [0.1, 0.15) is 35.7 Å². The van der Waals surface area contributed by atoms with Gasteiger partial charge in [-0.2, -0.15) is 5.26 Å². The molecule has 0 fully saturated rings. The average Bonchev–Trinajstić information content (AvgIpc) is 2.90. The maximum Gasteiger partial charge on any atom is 0.408 e. The minimum absolute atomic E-state index is 0.0170. The lowest BCUT2D eigenvalue weighted by atomic mass is 10.00. The Morgan fingerprint density at radius 2 is 1.69 bits per heavy atom. The number of nitrogens with one attached hydrogen (secondary N) is 2. The van der Waals surface area contributed by atoms with Crippen molar-refractivity contribution in [3.63, 3.8) is 0 Å². The molecule has 220 valence electrons. The summed E-state index contributed by atoms with van der Waals surface area (Å²) in [6.07, 6.45) is -0.917. The molecule has 0 radical (unpaired) electrons. The SMILES string of the molecule is Cc1cccc(Cl)c1NC(=O)C(c1cccc(O)c1)N(CC#N)C(=O)C(Cc1ccc(O)cc1)NC(=O)OC(C)(C)C. The van der Waals surface area contributed by atoms with Gasteiger partial charge in [-0.1, -0.05) is 48.0 Å². The number of hydrogen-bond donors (Lipinski definition) is 4. The third-order valence-corrected chi connectivity index (χ3v) is 6.42. The topological polar surface area (TPSA) is 152 Å². The number of hydrogen-bond acceptors (Lipinski definition) is 7. The molecule has 0 aromatic heterocycles. The van der Waals surface area contributed by atoms with Crippen molar-refractivity contribution in [2.75, 3.05) is 11.9 Å². The normalized spacial score (nSPS) is 12.4. The van der Waals surface area contributed by atoms with Crippen LogP contribution < -0.4 is 10.6 Å². The van der Waals surface area contributed by atoms with E-state index < -0.39 is 42.1 Å². The van der Waals surface area contributed by atoms with Gasteiger partial charge in [0.2, 0.25) is 5.91 Å². The predicted molar refractivity (Wildman–Crippen MR) is 158 cm³/mol. The van der Waals surface area contributed by atoms with Crippen LogP contribution in [0.3, 0.4) is 0 Å². The first-order valence-corrected chi connectivity index (χ1v) is 13.5. The van der Waals surface area contributed by atoms with E-state index in [2.05, 4.69) is 10.6 Å². The van der Waals surface area contributed by atoms with E-state index in [1.54, 1.807) is 58.0 Å². The van der Waals surface area contributed by atoms with Gasteiger partial charge in [0.15, 0.2) is 0 Å². The molecule has 3 rings (SSSR count). The molecule has 2 atom stereocenters. The maximum atomic E-state index is 14.2. The maximum absolute atomic E-state index is 14.2. The number of ether oxygens (including phenoxy) is 1. The highest BCUT2D eigenvalue weighted by Crippen LogP contribution is 2.30. The number of alkyl carbamates (subject to hydrolysis) is 1. The number of halogens is 1. The van der Waals surface area contributed by atoms with Gasteiger partial charge >= 0.3 is 6.09 Å². The highest BCUT2D eigenvalue weighted by Gasteiger charge is 2.37. The molecule has 0 aliphatic carbocycles. The first-order valence-electron chi connectivity index (χ1n) is 13.1. The Bertz CT molecular complexity index is 1460. The third kappa shape index (κ3) is 8.62. The summed E-state index contributed by atoms with van der Waals surface area (Å²) in [5.74, 6) is -1.59. The van der Waals surface area contributed by atoms with Crippen LogP contribution >= 0.6 is 11.6 Å². The quantitative estimate of drug-likeness (QED) is 0.248. The number of anilines is 1. The van der Waals surface area contributed by atoms with Crippen molar-refractivity contribution in [1.29, 1.82) is 5.26 Å². The van der Waals surface area contributed by atoms with E-state index in [9.17, 15) is 29.9 Å². The summed E-state index contributed by atoms with van der Waals surface area (Å²) < 4.78 is 5.38. The van der Waals surface area contributed by atoms with E-state index >= 15 is 0 Å². The van der Waals surface area contributed by atoms with Gasteiger partial charge in [-0.25, -0.2) is 4.79 Å². The Labute approximate surface area is 249 Å². The van der Waals surface area contributed by atoms with Crippen LogP contribution in [0.5, 0.6) is 11.5 Å². The molecule has 10 nitrogen and oxygen atoms in total. The fraction of sp³-hybridized carbons (Fsp3) is 0.290. The number of carbonyl (C=O) groups excluding carboxylic acids is 3. The van der Waals surface area contributed by atoms with Crippen LogP contribution in [0.1, 0.15) is 43.5 Å². The Kier molecular flexibility index (Phi) is 10.4. The van der Waals surface area contributed by atoms with Crippen molar-refractivity contribution < 1.29 is 29.3 Å². The largest absolute Gasteiger partial charge is 0.508 e. The second-order valence-corrected chi connectivity index (χ2v) is 11.0. The van der Waals surface area contributed by atoms with Crippen LogP contribution in [0.4, 0.5) is 10.5 Å². The number of aromatic hydroxyl groups is 2. The molecule has 0 saturated heterocycles. The van der Waals surface area contributed by atoms with Crippen LogP contribution in [0.15, 0.2) is 66.7 Å². The molecular weight excluding hydrogens is 560 g/mol. The van der Waals surface area contributed by atoms with Gasteiger partial charge in [-0.3, -0.25) is 9.59 Å². The molecule has 3 amide bonds. The van der Waals surface area contributed by atoms with Crippen LogP contribution in [0.25, 0.3) is 0 Å². The van der Waals surface area contributed by atoms with Crippen LogP contribution in [0.2, 0.25) is 5.02 Å². The van der Waals surface area contributed by atoms with Gasteiger partial charge in [0.05, 0.1) is 16.8 Å². The van der Waals surface area contributed by atoms with E-state index in [0.717, 1.165) is 4.90 Å². The second kappa shape index (κ2) is 13.7. The zero-order valence-corrected chi connectivity index (χ0v) is 24.5. The zero-order chi connectivity index (χ0) is 31.0. The van der Waals surface area contributed by atoms with Gasteiger partial charge < -0.3 is 30.5 Å². The summed E-state index contributed by atoms with van der Waals surface area (Å²) in [4.78, 5) is 41.9. The molecule has 3 aromatic rings. The molecule has 0 spiro atoms. The number of nitriles is 1. The molecular formula is C31H33ClN4O6.